The zero-order chi connectivity index (χ0) is 9.03. The van der Waals surface area contributed by atoms with E-state index in [1.54, 1.807) is 0 Å². The largest absolute Gasteiger partial charge is 0.522 e. The smallest absolute Gasteiger partial charge is 0.316 e. The predicted octanol–water partition coefficient (Wildman–Crippen LogP) is 1.52. The van der Waals surface area contributed by atoms with E-state index in [2.05, 4.69) is 10.1 Å². The van der Waals surface area contributed by atoms with Crippen LogP contribution in [-0.2, 0) is 4.74 Å². The number of alkyl halides is 3. The van der Waals surface area contributed by atoms with Gasteiger partial charge in [-0.2, -0.15) is 0 Å². The Labute approximate surface area is 69.1 Å². The van der Waals surface area contributed by atoms with Gasteiger partial charge in [0.1, 0.15) is 0 Å². The zero-order valence-electron chi connectivity index (χ0n) is 6.66. The fraction of sp³-hybridized carbons (Fsp3) is 1.00. The van der Waals surface area contributed by atoms with Crippen molar-refractivity contribution in [1.82, 2.24) is 5.32 Å². The zero-order valence-corrected chi connectivity index (χ0v) is 6.66. The van der Waals surface area contributed by atoms with E-state index in [1.165, 1.54) is 0 Å². The lowest BCUT2D eigenvalue weighted by Gasteiger charge is -2.22. The number of halogens is 3. The molecule has 12 heavy (non-hydrogen) atoms. The van der Waals surface area contributed by atoms with Crippen molar-refractivity contribution in [2.75, 3.05) is 19.7 Å². The van der Waals surface area contributed by atoms with Gasteiger partial charge in [-0.15, -0.1) is 13.2 Å². The van der Waals surface area contributed by atoms with Crippen molar-refractivity contribution in [3.63, 3.8) is 0 Å². The van der Waals surface area contributed by atoms with Gasteiger partial charge < -0.3 is 5.32 Å². The Morgan fingerprint density at radius 2 is 2.17 bits per heavy atom. The molecule has 1 rings (SSSR count). The molecule has 0 saturated carbocycles. The highest BCUT2D eigenvalue weighted by atomic mass is 19.4. The summed E-state index contributed by atoms with van der Waals surface area (Å²) in [4.78, 5) is 0. The Hall–Kier alpha value is -0.290. The second kappa shape index (κ2) is 4.09. The third-order valence-corrected chi connectivity index (χ3v) is 1.88. The maximum atomic E-state index is 11.6. The van der Waals surface area contributed by atoms with E-state index >= 15 is 0 Å². The normalized spacial score (nSPS) is 25.8. The van der Waals surface area contributed by atoms with E-state index in [9.17, 15) is 13.2 Å². The third-order valence-electron chi connectivity index (χ3n) is 1.88. The van der Waals surface area contributed by atoms with Gasteiger partial charge in [0.15, 0.2) is 0 Å². The maximum absolute atomic E-state index is 11.6. The minimum Gasteiger partial charge on any atom is -0.316 e. The first-order valence-corrected chi connectivity index (χ1v) is 3.99. The van der Waals surface area contributed by atoms with Crippen LogP contribution in [0, 0.1) is 5.92 Å². The van der Waals surface area contributed by atoms with E-state index in [-0.39, 0.29) is 12.5 Å². The molecule has 0 unspecified atom stereocenters. The summed E-state index contributed by atoms with van der Waals surface area (Å²) in [5, 5.41) is 3.02. The molecule has 72 valence electrons. The van der Waals surface area contributed by atoms with Gasteiger partial charge in [0.05, 0.1) is 6.61 Å². The lowest BCUT2D eigenvalue weighted by atomic mass is 10.0. The molecule has 2 nitrogen and oxygen atoms in total. The molecule has 0 radical (unpaired) electrons. The quantitative estimate of drug-likeness (QED) is 0.700. The van der Waals surface area contributed by atoms with Crippen molar-refractivity contribution in [1.29, 1.82) is 0 Å². The van der Waals surface area contributed by atoms with Crippen LogP contribution >= 0.6 is 0 Å². The summed E-state index contributed by atoms with van der Waals surface area (Å²) in [6.07, 6.45) is -2.72. The number of rotatable bonds is 2. The van der Waals surface area contributed by atoms with E-state index in [0.717, 1.165) is 19.4 Å². The predicted molar refractivity (Wildman–Crippen MR) is 37.6 cm³/mol. The van der Waals surface area contributed by atoms with Crippen molar-refractivity contribution in [3.8, 4) is 0 Å². The van der Waals surface area contributed by atoms with Crippen molar-refractivity contribution < 1.29 is 17.9 Å². The van der Waals surface area contributed by atoms with E-state index in [1.807, 2.05) is 0 Å². The van der Waals surface area contributed by atoms with Gasteiger partial charge in [-0.05, 0) is 25.3 Å². The minimum absolute atomic E-state index is 0.0142. The molecule has 0 aromatic rings. The molecule has 0 amide bonds. The highest BCUT2D eigenvalue weighted by molar-refractivity contribution is 4.68. The SMILES string of the molecule is FC(F)(F)OC[C@H]1CCCNC1. The van der Waals surface area contributed by atoms with Crippen LogP contribution in [0.1, 0.15) is 12.8 Å². The summed E-state index contributed by atoms with van der Waals surface area (Å²) >= 11 is 0. The molecule has 1 aliphatic heterocycles. The average molecular weight is 183 g/mol. The highest BCUT2D eigenvalue weighted by Gasteiger charge is 2.30. The summed E-state index contributed by atoms with van der Waals surface area (Å²) in [6.45, 7) is 1.33. The number of hydrogen-bond donors (Lipinski definition) is 1. The van der Waals surface area contributed by atoms with Gasteiger partial charge in [-0.3, -0.25) is 4.74 Å². The number of piperidine rings is 1. The monoisotopic (exact) mass is 183 g/mol. The van der Waals surface area contributed by atoms with Gasteiger partial charge in [-0.1, -0.05) is 0 Å². The molecule has 0 bridgehead atoms. The fourth-order valence-electron chi connectivity index (χ4n) is 1.28. The highest BCUT2D eigenvalue weighted by Crippen LogP contribution is 2.19. The Bertz CT molecular complexity index is 131. The first-order valence-electron chi connectivity index (χ1n) is 3.99. The molecule has 1 N–H and O–H groups in total. The summed E-state index contributed by atoms with van der Waals surface area (Å²) in [7, 11) is 0. The van der Waals surface area contributed by atoms with Crippen LogP contribution < -0.4 is 5.32 Å². The van der Waals surface area contributed by atoms with Gasteiger partial charge >= 0.3 is 6.36 Å². The molecule has 1 atom stereocenters. The van der Waals surface area contributed by atoms with E-state index in [4.69, 9.17) is 0 Å². The first kappa shape index (κ1) is 9.80. The Morgan fingerprint density at radius 1 is 1.42 bits per heavy atom. The second-order valence-electron chi connectivity index (χ2n) is 2.97. The van der Waals surface area contributed by atoms with E-state index < -0.39 is 6.36 Å². The molecular weight excluding hydrogens is 171 g/mol. The van der Waals surface area contributed by atoms with Crippen LogP contribution in [0.15, 0.2) is 0 Å². The van der Waals surface area contributed by atoms with Crippen molar-refractivity contribution >= 4 is 0 Å². The Balaban J connectivity index is 2.13. The van der Waals surface area contributed by atoms with Crippen LogP contribution in [0.5, 0.6) is 0 Å². The molecule has 0 spiro atoms. The lowest BCUT2D eigenvalue weighted by molar-refractivity contribution is -0.328. The number of hydrogen-bond acceptors (Lipinski definition) is 2. The van der Waals surface area contributed by atoms with Crippen LogP contribution in [0.2, 0.25) is 0 Å². The molecule has 1 fully saturated rings. The van der Waals surface area contributed by atoms with Crippen LogP contribution in [0.25, 0.3) is 0 Å². The van der Waals surface area contributed by atoms with Gasteiger partial charge in [-0.25, -0.2) is 0 Å². The Morgan fingerprint density at radius 3 is 2.67 bits per heavy atom. The van der Waals surface area contributed by atoms with Gasteiger partial charge in [0, 0.05) is 6.54 Å². The molecule has 5 heteroatoms. The molecule has 1 aliphatic rings. The van der Waals surface area contributed by atoms with Crippen molar-refractivity contribution in [2.24, 2.45) is 5.92 Å². The van der Waals surface area contributed by atoms with Crippen LogP contribution in [0.4, 0.5) is 13.2 Å². The number of nitrogens with one attached hydrogen (secondary N) is 1. The standard InChI is InChI=1S/C7H12F3NO/c8-7(9,10)12-5-6-2-1-3-11-4-6/h6,11H,1-5H2/t6-/m0/s1. The van der Waals surface area contributed by atoms with Crippen molar-refractivity contribution in [3.05, 3.63) is 0 Å². The fourth-order valence-corrected chi connectivity index (χ4v) is 1.28. The summed E-state index contributed by atoms with van der Waals surface area (Å²) in [6, 6.07) is 0. The lowest BCUT2D eigenvalue weighted by Crippen LogP contribution is -2.33. The summed E-state index contributed by atoms with van der Waals surface area (Å²) in [5.41, 5.74) is 0. The minimum atomic E-state index is -4.47. The Kier molecular flexibility index (Phi) is 3.34. The van der Waals surface area contributed by atoms with Gasteiger partial charge in [0.25, 0.3) is 0 Å². The molecule has 0 aromatic heterocycles. The summed E-state index contributed by atoms with van der Waals surface area (Å²) in [5.74, 6) is 0.0142. The topological polar surface area (TPSA) is 21.3 Å². The van der Waals surface area contributed by atoms with Crippen LogP contribution in [-0.4, -0.2) is 26.1 Å². The van der Waals surface area contributed by atoms with Crippen molar-refractivity contribution in [2.45, 2.75) is 19.2 Å². The van der Waals surface area contributed by atoms with E-state index in [0.29, 0.717) is 6.54 Å². The molecular formula is C7H12F3NO. The second-order valence-corrected chi connectivity index (χ2v) is 2.97. The maximum Gasteiger partial charge on any atom is 0.522 e. The average Bonchev–Trinajstić information content (AvgIpc) is 2.02. The molecule has 0 aliphatic carbocycles. The third kappa shape index (κ3) is 3.92. The molecule has 1 saturated heterocycles. The van der Waals surface area contributed by atoms with Crippen LogP contribution in [0.3, 0.4) is 0 Å². The van der Waals surface area contributed by atoms with Gasteiger partial charge in [0.2, 0.25) is 0 Å². The first-order chi connectivity index (χ1) is 5.58. The molecule has 0 aromatic carbocycles. The summed E-state index contributed by atoms with van der Waals surface area (Å²) < 4.78 is 38.4. The number of ether oxygens (including phenoxy) is 1. The molecule has 1 heterocycles.